The topological polar surface area (TPSA) is 47.3 Å². The first-order chi connectivity index (χ1) is 10.1. The Labute approximate surface area is 138 Å². The second-order valence-corrected chi connectivity index (χ2v) is 5.94. The van der Waals surface area contributed by atoms with E-state index in [-0.39, 0.29) is 0 Å². The maximum atomic E-state index is 5.69. The van der Waals surface area contributed by atoms with Crippen LogP contribution in [0.4, 0.5) is 5.69 Å². The highest BCUT2D eigenvalue weighted by atomic mass is 79.9. The summed E-state index contributed by atoms with van der Waals surface area (Å²) in [6.07, 6.45) is 0. The van der Waals surface area contributed by atoms with Gasteiger partial charge in [-0.2, -0.15) is 0 Å². The summed E-state index contributed by atoms with van der Waals surface area (Å²) in [5.74, 6) is 0.889. The minimum absolute atomic E-state index is 0.394. The second-order valence-electron chi connectivity index (χ2n) is 4.65. The minimum atomic E-state index is 0.394. The molecule has 2 aromatic rings. The summed E-state index contributed by atoms with van der Waals surface area (Å²) in [5.41, 5.74) is 8.63. The van der Waals surface area contributed by atoms with Crippen LogP contribution in [0.3, 0.4) is 0 Å². The van der Waals surface area contributed by atoms with Gasteiger partial charge >= 0.3 is 0 Å². The van der Waals surface area contributed by atoms with Gasteiger partial charge in [-0.05, 0) is 58.7 Å². The molecule has 0 aliphatic rings. The lowest BCUT2D eigenvalue weighted by Gasteiger charge is -2.11. The molecule has 0 saturated heterocycles. The molecule has 21 heavy (non-hydrogen) atoms. The van der Waals surface area contributed by atoms with E-state index < -0.39 is 0 Å². The first kappa shape index (κ1) is 15.8. The molecule has 0 spiro atoms. The Morgan fingerprint density at radius 3 is 2.76 bits per heavy atom. The summed E-state index contributed by atoms with van der Waals surface area (Å²) in [6, 6.07) is 13.8. The van der Waals surface area contributed by atoms with Crippen LogP contribution in [0.2, 0.25) is 0 Å². The lowest BCUT2D eigenvalue weighted by molar-refractivity contribution is 0.332. The minimum Gasteiger partial charge on any atom is -0.492 e. The number of ether oxygens (including phenoxy) is 1. The van der Waals surface area contributed by atoms with Gasteiger partial charge in [-0.1, -0.05) is 24.4 Å². The summed E-state index contributed by atoms with van der Waals surface area (Å²) in [4.78, 5) is 0.394. The van der Waals surface area contributed by atoms with Crippen molar-refractivity contribution < 1.29 is 4.74 Å². The van der Waals surface area contributed by atoms with Crippen LogP contribution in [0, 0.1) is 6.92 Å². The van der Waals surface area contributed by atoms with Crippen molar-refractivity contribution in [2.75, 3.05) is 18.5 Å². The number of rotatable bonds is 6. The van der Waals surface area contributed by atoms with Crippen LogP contribution in [0.1, 0.15) is 11.1 Å². The fourth-order valence-corrected chi connectivity index (χ4v) is 2.52. The van der Waals surface area contributed by atoms with E-state index in [0.29, 0.717) is 18.1 Å². The zero-order valence-corrected chi connectivity index (χ0v) is 14.1. The normalized spacial score (nSPS) is 10.2. The van der Waals surface area contributed by atoms with Crippen molar-refractivity contribution in [3.05, 3.63) is 58.1 Å². The molecule has 0 aliphatic heterocycles. The quantitative estimate of drug-likeness (QED) is 0.603. The summed E-state index contributed by atoms with van der Waals surface area (Å²) in [5, 5.41) is 3.31. The molecule has 2 rings (SSSR count). The standard InChI is InChI=1S/C16H17BrN2OS/c1-11-3-2-4-13(9-11)20-8-7-19-15-6-5-12(16(18)21)10-14(15)17/h2-6,9-10,19H,7-8H2,1H3,(H2,18,21). The lowest BCUT2D eigenvalue weighted by Crippen LogP contribution is -2.13. The molecule has 110 valence electrons. The maximum Gasteiger partial charge on any atom is 0.119 e. The van der Waals surface area contributed by atoms with Gasteiger partial charge < -0.3 is 15.8 Å². The number of hydrogen-bond acceptors (Lipinski definition) is 3. The molecule has 0 atom stereocenters. The van der Waals surface area contributed by atoms with Crippen LogP contribution in [0.25, 0.3) is 0 Å². The molecule has 0 unspecified atom stereocenters. The first-order valence-corrected chi connectivity index (χ1v) is 7.79. The van der Waals surface area contributed by atoms with Gasteiger partial charge in [0.25, 0.3) is 0 Å². The van der Waals surface area contributed by atoms with Gasteiger partial charge in [0.2, 0.25) is 0 Å². The van der Waals surface area contributed by atoms with E-state index in [1.54, 1.807) is 0 Å². The van der Waals surface area contributed by atoms with Crippen molar-refractivity contribution in [1.82, 2.24) is 0 Å². The third-order valence-electron chi connectivity index (χ3n) is 2.93. The zero-order valence-electron chi connectivity index (χ0n) is 11.7. The van der Waals surface area contributed by atoms with E-state index in [9.17, 15) is 0 Å². The third kappa shape index (κ3) is 4.72. The van der Waals surface area contributed by atoms with Crippen molar-refractivity contribution in [2.45, 2.75) is 6.92 Å². The molecule has 0 heterocycles. The van der Waals surface area contributed by atoms with Gasteiger partial charge in [-0.3, -0.25) is 0 Å². The number of thiocarbonyl (C=S) groups is 1. The number of anilines is 1. The second kappa shape index (κ2) is 7.43. The van der Waals surface area contributed by atoms with Crippen LogP contribution in [0.15, 0.2) is 46.9 Å². The van der Waals surface area contributed by atoms with Gasteiger partial charge in [0.1, 0.15) is 17.3 Å². The fourth-order valence-electron chi connectivity index (χ4n) is 1.87. The predicted octanol–water partition coefficient (Wildman–Crippen LogP) is 3.88. The molecule has 3 N–H and O–H groups in total. The molecule has 0 fully saturated rings. The maximum absolute atomic E-state index is 5.69. The van der Waals surface area contributed by atoms with Crippen LogP contribution >= 0.6 is 28.1 Å². The molecule has 3 nitrogen and oxygen atoms in total. The molecule has 0 aliphatic carbocycles. The van der Waals surface area contributed by atoms with Crippen LogP contribution in [-0.2, 0) is 0 Å². The van der Waals surface area contributed by atoms with Gasteiger partial charge in [-0.15, -0.1) is 0 Å². The third-order valence-corrected chi connectivity index (χ3v) is 3.82. The van der Waals surface area contributed by atoms with Gasteiger partial charge in [0.05, 0.1) is 0 Å². The Kier molecular flexibility index (Phi) is 5.59. The number of hydrogen-bond donors (Lipinski definition) is 2. The first-order valence-electron chi connectivity index (χ1n) is 6.59. The Morgan fingerprint density at radius 1 is 1.29 bits per heavy atom. The highest BCUT2D eigenvalue weighted by Crippen LogP contribution is 2.23. The van der Waals surface area contributed by atoms with Crippen LogP contribution < -0.4 is 15.8 Å². The summed E-state index contributed by atoms with van der Waals surface area (Å²) < 4.78 is 6.63. The number of aryl methyl sites for hydroxylation is 1. The molecule has 5 heteroatoms. The van der Waals surface area contributed by atoms with E-state index in [4.69, 9.17) is 22.7 Å². The van der Waals surface area contributed by atoms with Crippen molar-refractivity contribution in [3.8, 4) is 5.75 Å². The van der Waals surface area contributed by atoms with E-state index in [1.165, 1.54) is 5.56 Å². The smallest absolute Gasteiger partial charge is 0.119 e. The van der Waals surface area contributed by atoms with Gasteiger partial charge in [-0.25, -0.2) is 0 Å². The van der Waals surface area contributed by atoms with E-state index in [1.807, 2.05) is 49.4 Å². The number of nitrogens with two attached hydrogens (primary N) is 1. The van der Waals surface area contributed by atoms with Crippen molar-refractivity contribution in [3.63, 3.8) is 0 Å². The number of halogens is 1. The number of benzene rings is 2. The molecule has 2 aromatic carbocycles. The molecular formula is C16H17BrN2OS. The van der Waals surface area contributed by atoms with Gasteiger partial charge in [0, 0.05) is 22.3 Å². The predicted molar refractivity (Wildman–Crippen MR) is 95.2 cm³/mol. The number of nitrogens with one attached hydrogen (secondary N) is 1. The molecule has 0 radical (unpaired) electrons. The van der Waals surface area contributed by atoms with Crippen molar-refractivity contribution in [2.24, 2.45) is 5.73 Å². The Balaban J connectivity index is 1.85. The average molecular weight is 365 g/mol. The van der Waals surface area contributed by atoms with E-state index in [2.05, 4.69) is 21.2 Å². The molecular weight excluding hydrogens is 348 g/mol. The summed E-state index contributed by atoms with van der Waals surface area (Å²) in [6.45, 7) is 3.34. The molecule has 0 aromatic heterocycles. The fraction of sp³-hybridized carbons (Fsp3) is 0.188. The monoisotopic (exact) mass is 364 g/mol. The molecule has 0 saturated carbocycles. The summed E-state index contributed by atoms with van der Waals surface area (Å²) in [7, 11) is 0. The highest BCUT2D eigenvalue weighted by Gasteiger charge is 2.03. The average Bonchev–Trinajstić information content (AvgIpc) is 2.45. The Hall–Kier alpha value is -1.59. The van der Waals surface area contributed by atoms with Crippen LogP contribution in [-0.4, -0.2) is 18.1 Å². The SMILES string of the molecule is Cc1cccc(OCCNc2ccc(C(N)=S)cc2Br)c1. The van der Waals surface area contributed by atoms with Crippen LogP contribution in [0.5, 0.6) is 5.75 Å². The zero-order chi connectivity index (χ0) is 15.2. The Morgan fingerprint density at radius 2 is 2.10 bits per heavy atom. The van der Waals surface area contributed by atoms with Crippen molar-refractivity contribution in [1.29, 1.82) is 0 Å². The lowest BCUT2D eigenvalue weighted by atomic mass is 10.2. The Bertz CT molecular complexity index is 646. The molecule has 0 amide bonds. The highest BCUT2D eigenvalue weighted by molar-refractivity contribution is 9.10. The largest absolute Gasteiger partial charge is 0.492 e. The van der Waals surface area contributed by atoms with Crippen molar-refractivity contribution >= 4 is 38.8 Å². The molecule has 0 bridgehead atoms. The van der Waals surface area contributed by atoms with Gasteiger partial charge in [0.15, 0.2) is 0 Å². The van der Waals surface area contributed by atoms with E-state index in [0.717, 1.165) is 21.5 Å². The van der Waals surface area contributed by atoms with E-state index >= 15 is 0 Å². The summed E-state index contributed by atoms with van der Waals surface area (Å²) >= 11 is 8.46.